The Labute approximate surface area is 100 Å². The van der Waals surface area contributed by atoms with Gasteiger partial charge in [-0.05, 0) is 30.4 Å². The standard InChI is InChI=1S/C14H13N3/c1(2-4-9-14-10-12-16-17-14)3-7-13-8-5-6-11-15-13/h1-12H,(H,16,17)/b2-1+,7-3+,9-4+. The number of aromatic amines is 1. The number of H-pyrrole nitrogens is 1. The largest absolute Gasteiger partial charge is 0.285 e. The van der Waals surface area contributed by atoms with Crippen molar-refractivity contribution in [2.45, 2.75) is 0 Å². The maximum atomic E-state index is 4.18. The molecule has 0 fully saturated rings. The average molecular weight is 223 g/mol. The van der Waals surface area contributed by atoms with E-state index in [4.69, 9.17) is 0 Å². The smallest absolute Gasteiger partial charge is 0.0848 e. The lowest BCUT2D eigenvalue weighted by Gasteiger charge is -1.87. The van der Waals surface area contributed by atoms with E-state index in [2.05, 4.69) is 15.2 Å². The van der Waals surface area contributed by atoms with Gasteiger partial charge in [-0.2, -0.15) is 5.10 Å². The van der Waals surface area contributed by atoms with Gasteiger partial charge in [-0.15, -0.1) is 0 Å². The molecule has 2 aromatic rings. The molecule has 2 rings (SSSR count). The van der Waals surface area contributed by atoms with E-state index in [9.17, 15) is 0 Å². The van der Waals surface area contributed by atoms with E-state index in [1.807, 2.05) is 60.7 Å². The van der Waals surface area contributed by atoms with Crippen LogP contribution >= 0.6 is 0 Å². The minimum atomic E-state index is 0.920. The molecule has 2 heterocycles. The van der Waals surface area contributed by atoms with Crippen molar-refractivity contribution in [2.24, 2.45) is 0 Å². The third-order valence-corrected chi connectivity index (χ3v) is 2.08. The lowest BCUT2D eigenvalue weighted by molar-refractivity contribution is 1.08. The summed E-state index contributed by atoms with van der Waals surface area (Å²) in [5, 5.41) is 6.76. The number of rotatable bonds is 4. The normalized spacial score (nSPS) is 12.0. The fourth-order valence-electron chi connectivity index (χ4n) is 1.28. The summed E-state index contributed by atoms with van der Waals surface area (Å²) >= 11 is 0. The summed E-state index contributed by atoms with van der Waals surface area (Å²) in [6, 6.07) is 7.74. The zero-order valence-corrected chi connectivity index (χ0v) is 9.32. The van der Waals surface area contributed by atoms with Crippen LogP contribution in [0, 0.1) is 0 Å². The molecule has 1 N–H and O–H groups in total. The van der Waals surface area contributed by atoms with Crippen LogP contribution in [0.3, 0.4) is 0 Å². The number of aromatic nitrogens is 3. The minimum absolute atomic E-state index is 0.920. The molecule has 17 heavy (non-hydrogen) atoms. The first kappa shape index (κ1) is 11.1. The number of hydrogen-bond acceptors (Lipinski definition) is 2. The molecular formula is C14H13N3. The molecule has 0 aliphatic heterocycles. The second-order valence-electron chi connectivity index (χ2n) is 3.36. The number of allylic oxidation sites excluding steroid dienone is 4. The van der Waals surface area contributed by atoms with Gasteiger partial charge < -0.3 is 0 Å². The Hall–Kier alpha value is -2.42. The topological polar surface area (TPSA) is 41.6 Å². The molecule has 0 saturated carbocycles. The zero-order chi connectivity index (χ0) is 11.8. The second kappa shape index (κ2) is 6.23. The van der Waals surface area contributed by atoms with Gasteiger partial charge in [0.15, 0.2) is 0 Å². The monoisotopic (exact) mass is 223 g/mol. The highest BCUT2D eigenvalue weighted by molar-refractivity contribution is 5.49. The number of nitrogens with one attached hydrogen (secondary N) is 1. The summed E-state index contributed by atoms with van der Waals surface area (Å²) in [6.07, 6.45) is 15.3. The van der Waals surface area contributed by atoms with Crippen LogP contribution in [-0.4, -0.2) is 15.2 Å². The van der Waals surface area contributed by atoms with Crippen LogP contribution in [0.4, 0.5) is 0 Å². The van der Waals surface area contributed by atoms with Crippen molar-refractivity contribution in [3.05, 3.63) is 72.4 Å². The van der Waals surface area contributed by atoms with E-state index < -0.39 is 0 Å². The molecule has 0 aliphatic carbocycles. The van der Waals surface area contributed by atoms with Gasteiger partial charge in [-0.1, -0.05) is 30.4 Å². The van der Waals surface area contributed by atoms with Crippen molar-refractivity contribution in [1.82, 2.24) is 15.2 Å². The fourth-order valence-corrected chi connectivity index (χ4v) is 1.28. The Morgan fingerprint density at radius 3 is 2.35 bits per heavy atom. The van der Waals surface area contributed by atoms with E-state index in [0.717, 1.165) is 11.4 Å². The second-order valence-corrected chi connectivity index (χ2v) is 3.36. The highest BCUT2D eigenvalue weighted by Gasteiger charge is 1.83. The van der Waals surface area contributed by atoms with Gasteiger partial charge in [0, 0.05) is 12.4 Å². The number of nitrogens with zero attached hydrogens (tertiary/aromatic N) is 2. The third-order valence-electron chi connectivity index (χ3n) is 2.08. The molecule has 0 bridgehead atoms. The van der Waals surface area contributed by atoms with Crippen LogP contribution in [-0.2, 0) is 0 Å². The Kier molecular flexibility index (Phi) is 4.06. The SMILES string of the molecule is C(=C\C=C\c1cc[nH]n1)/C=C/c1ccccn1. The van der Waals surface area contributed by atoms with Crippen molar-refractivity contribution >= 4 is 12.2 Å². The highest BCUT2D eigenvalue weighted by atomic mass is 15.1. The van der Waals surface area contributed by atoms with Crippen molar-refractivity contribution in [3.63, 3.8) is 0 Å². The average Bonchev–Trinajstić information content (AvgIpc) is 2.88. The fraction of sp³-hybridized carbons (Fsp3) is 0. The van der Waals surface area contributed by atoms with Gasteiger partial charge in [0.2, 0.25) is 0 Å². The molecule has 0 saturated heterocycles. The summed E-state index contributed by atoms with van der Waals surface area (Å²) < 4.78 is 0. The first-order chi connectivity index (χ1) is 8.45. The van der Waals surface area contributed by atoms with Crippen molar-refractivity contribution in [2.75, 3.05) is 0 Å². The molecule has 0 spiro atoms. The van der Waals surface area contributed by atoms with E-state index in [0.29, 0.717) is 0 Å². The predicted octanol–water partition coefficient (Wildman–Crippen LogP) is 3.09. The van der Waals surface area contributed by atoms with Crippen molar-refractivity contribution < 1.29 is 0 Å². The molecule has 2 aromatic heterocycles. The Balaban J connectivity index is 1.84. The molecule has 0 amide bonds. The lowest BCUT2D eigenvalue weighted by atomic mass is 10.3. The quantitative estimate of drug-likeness (QED) is 0.809. The van der Waals surface area contributed by atoms with Gasteiger partial charge in [0.25, 0.3) is 0 Å². The summed E-state index contributed by atoms with van der Waals surface area (Å²) in [5.41, 5.74) is 1.87. The molecule has 0 aliphatic rings. The summed E-state index contributed by atoms with van der Waals surface area (Å²) in [4.78, 5) is 4.18. The maximum absolute atomic E-state index is 4.18. The summed E-state index contributed by atoms with van der Waals surface area (Å²) in [6.45, 7) is 0. The predicted molar refractivity (Wildman–Crippen MR) is 70.0 cm³/mol. The van der Waals surface area contributed by atoms with Crippen LogP contribution in [0.2, 0.25) is 0 Å². The Morgan fingerprint density at radius 1 is 0.882 bits per heavy atom. The van der Waals surface area contributed by atoms with Crippen LogP contribution in [0.1, 0.15) is 11.4 Å². The van der Waals surface area contributed by atoms with Crippen molar-refractivity contribution in [1.29, 1.82) is 0 Å². The molecule has 0 aromatic carbocycles. The number of hydrogen-bond donors (Lipinski definition) is 1. The van der Waals surface area contributed by atoms with Gasteiger partial charge in [0.05, 0.1) is 11.4 Å². The lowest BCUT2D eigenvalue weighted by Crippen LogP contribution is -1.74. The molecule has 3 heteroatoms. The Morgan fingerprint density at radius 2 is 1.71 bits per heavy atom. The molecular weight excluding hydrogens is 210 g/mol. The summed E-state index contributed by atoms with van der Waals surface area (Å²) in [5.74, 6) is 0. The molecule has 3 nitrogen and oxygen atoms in total. The molecule has 0 unspecified atom stereocenters. The zero-order valence-electron chi connectivity index (χ0n) is 9.32. The van der Waals surface area contributed by atoms with Crippen LogP contribution in [0.25, 0.3) is 12.2 Å². The van der Waals surface area contributed by atoms with Crippen LogP contribution < -0.4 is 0 Å². The van der Waals surface area contributed by atoms with Gasteiger partial charge >= 0.3 is 0 Å². The first-order valence-corrected chi connectivity index (χ1v) is 5.37. The van der Waals surface area contributed by atoms with Gasteiger partial charge in [-0.3, -0.25) is 10.1 Å². The third kappa shape index (κ3) is 3.91. The number of pyridine rings is 1. The van der Waals surface area contributed by atoms with E-state index in [-0.39, 0.29) is 0 Å². The van der Waals surface area contributed by atoms with E-state index in [1.54, 1.807) is 12.4 Å². The molecule has 0 radical (unpaired) electrons. The van der Waals surface area contributed by atoms with Crippen molar-refractivity contribution in [3.8, 4) is 0 Å². The van der Waals surface area contributed by atoms with Crippen LogP contribution in [0.5, 0.6) is 0 Å². The summed E-state index contributed by atoms with van der Waals surface area (Å²) in [7, 11) is 0. The van der Waals surface area contributed by atoms with Gasteiger partial charge in [-0.25, -0.2) is 0 Å². The minimum Gasteiger partial charge on any atom is -0.285 e. The van der Waals surface area contributed by atoms with Gasteiger partial charge in [0.1, 0.15) is 0 Å². The van der Waals surface area contributed by atoms with Crippen LogP contribution in [0.15, 0.2) is 61.0 Å². The maximum Gasteiger partial charge on any atom is 0.0848 e. The molecule has 84 valence electrons. The molecule has 0 atom stereocenters. The van der Waals surface area contributed by atoms with E-state index >= 15 is 0 Å². The first-order valence-electron chi connectivity index (χ1n) is 5.37. The van der Waals surface area contributed by atoms with E-state index in [1.165, 1.54) is 0 Å². The highest BCUT2D eigenvalue weighted by Crippen LogP contribution is 1.97. The Bertz CT molecular complexity index is 508.